The summed E-state index contributed by atoms with van der Waals surface area (Å²) in [5.74, 6) is 0. The molecule has 1 aromatic rings. The lowest BCUT2D eigenvalue weighted by atomic mass is 10.1. The van der Waals surface area contributed by atoms with Gasteiger partial charge in [-0.05, 0) is 51.2 Å². The molecule has 5 heteroatoms. The average Bonchev–Trinajstić information content (AvgIpc) is 1.96. The van der Waals surface area contributed by atoms with Gasteiger partial charge in [-0.25, -0.2) is 0 Å². The molecule has 0 amide bonds. The number of hydrogen-bond donors (Lipinski definition) is 2. The number of hydrogen-bond acceptors (Lipinski definition) is 1. The highest BCUT2D eigenvalue weighted by Crippen LogP contribution is 2.22. The van der Waals surface area contributed by atoms with Gasteiger partial charge in [0.05, 0.1) is 0 Å². The van der Waals surface area contributed by atoms with Crippen LogP contribution >= 0.6 is 35.4 Å². The molecule has 2 N–H and O–H groups in total. The molecule has 0 unspecified atom stereocenters. The molecule has 0 aliphatic heterocycles. The largest absolute Gasteiger partial charge is 0.358 e. The Labute approximate surface area is 111 Å². The van der Waals surface area contributed by atoms with E-state index in [1.807, 2.05) is 20.8 Å². The Bertz CT molecular complexity index is 379. The third kappa shape index (κ3) is 5.01. The van der Waals surface area contributed by atoms with Crippen LogP contribution in [0, 0.1) is 0 Å². The van der Waals surface area contributed by atoms with Gasteiger partial charge in [-0.3, -0.25) is 0 Å². The first-order valence-electron chi connectivity index (χ1n) is 4.81. The highest BCUT2D eigenvalue weighted by molar-refractivity contribution is 7.80. The summed E-state index contributed by atoms with van der Waals surface area (Å²) in [5.41, 5.74) is 0.700. The van der Waals surface area contributed by atoms with Crippen LogP contribution in [0.1, 0.15) is 20.8 Å². The Morgan fingerprint density at radius 1 is 1.12 bits per heavy atom. The molecule has 0 bridgehead atoms. The lowest BCUT2D eigenvalue weighted by Crippen LogP contribution is -2.42. The van der Waals surface area contributed by atoms with Crippen LogP contribution in [0.2, 0.25) is 10.0 Å². The van der Waals surface area contributed by atoms with E-state index in [-0.39, 0.29) is 5.54 Å². The average molecular weight is 277 g/mol. The van der Waals surface area contributed by atoms with Crippen LogP contribution in [0.15, 0.2) is 18.2 Å². The molecule has 0 atom stereocenters. The summed E-state index contributed by atoms with van der Waals surface area (Å²) < 4.78 is 0. The van der Waals surface area contributed by atoms with Crippen molar-refractivity contribution in [2.75, 3.05) is 5.32 Å². The van der Waals surface area contributed by atoms with Gasteiger partial charge < -0.3 is 10.6 Å². The summed E-state index contributed by atoms with van der Waals surface area (Å²) in [6.07, 6.45) is 0. The minimum Gasteiger partial charge on any atom is -0.358 e. The predicted octanol–water partition coefficient (Wildman–Crippen LogP) is 4.08. The van der Waals surface area contributed by atoms with Gasteiger partial charge in [-0.2, -0.15) is 0 Å². The molecule has 0 saturated carbocycles. The molecule has 0 spiro atoms. The fourth-order valence-electron chi connectivity index (χ4n) is 1.13. The van der Waals surface area contributed by atoms with Crippen LogP contribution in [-0.2, 0) is 0 Å². The summed E-state index contributed by atoms with van der Waals surface area (Å²) in [6, 6.07) is 5.21. The molecule has 0 fully saturated rings. The van der Waals surface area contributed by atoms with Crippen molar-refractivity contribution in [3.8, 4) is 0 Å². The molecule has 88 valence electrons. The highest BCUT2D eigenvalue weighted by atomic mass is 35.5. The SMILES string of the molecule is CC(C)(C)NC(=S)Nc1cc(Cl)cc(Cl)c1. The van der Waals surface area contributed by atoms with Crippen LogP contribution in [0.4, 0.5) is 5.69 Å². The first-order valence-corrected chi connectivity index (χ1v) is 5.98. The molecule has 16 heavy (non-hydrogen) atoms. The molecule has 0 saturated heterocycles. The van der Waals surface area contributed by atoms with Gasteiger partial charge in [-0.15, -0.1) is 0 Å². The van der Waals surface area contributed by atoms with Crippen molar-refractivity contribution in [1.29, 1.82) is 0 Å². The number of nitrogens with one attached hydrogen (secondary N) is 2. The Balaban J connectivity index is 2.70. The van der Waals surface area contributed by atoms with E-state index in [1.54, 1.807) is 18.2 Å². The quantitative estimate of drug-likeness (QED) is 0.756. The Kier molecular flexibility index (Phi) is 4.42. The minimum absolute atomic E-state index is 0.0769. The molecule has 2 nitrogen and oxygen atoms in total. The van der Waals surface area contributed by atoms with E-state index in [9.17, 15) is 0 Å². The fourth-order valence-corrected chi connectivity index (χ4v) is 2.08. The Hall–Kier alpha value is -0.510. The summed E-state index contributed by atoms with van der Waals surface area (Å²) in [5, 5.41) is 7.87. The van der Waals surface area contributed by atoms with E-state index in [1.165, 1.54) is 0 Å². The van der Waals surface area contributed by atoms with Crippen molar-refractivity contribution in [3.63, 3.8) is 0 Å². The van der Waals surface area contributed by atoms with Crippen LogP contribution in [-0.4, -0.2) is 10.7 Å². The normalized spacial score (nSPS) is 11.1. The molecule has 0 radical (unpaired) electrons. The molecule has 1 rings (SSSR count). The smallest absolute Gasteiger partial charge is 0.171 e. The van der Waals surface area contributed by atoms with Gasteiger partial charge >= 0.3 is 0 Å². The number of rotatable bonds is 1. The lowest BCUT2D eigenvalue weighted by Gasteiger charge is -2.23. The number of halogens is 2. The van der Waals surface area contributed by atoms with E-state index < -0.39 is 0 Å². The maximum Gasteiger partial charge on any atom is 0.171 e. The van der Waals surface area contributed by atoms with Gasteiger partial charge in [0.2, 0.25) is 0 Å². The van der Waals surface area contributed by atoms with Crippen molar-refractivity contribution in [3.05, 3.63) is 28.2 Å². The van der Waals surface area contributed by atoms with Gasteiger partial charge in [0.1, 0.15) is 0 Å². The second-order valence-corrected chi connectivity index (χ2v) is 5.77. The molecule has 0 aromatic heterocycles. The maximum absolute atomic E-state index is 5.88. The van der Waals surface area contributed by atoms with E-state index in [4.69, 9.17) is 35.4 Å². The van der Waals surface area contributed by atoms with Crippen molar-refractivity contribution >= 4 is 46.2 Å². The van der Waals surface area contributed by atoms with E-state index in [0.717, 1.165) is 5.69 Å². The molecular formula is C11H14Cl2N2S. The van der Waals surface area contributed by atoms with Gasteiger partial charge in [0.25, 0.3) is 0 Å². The van der Waals surface area contributed by atoms with Crippen molar-refractivity contribution in [1.82, 2.24) is 5.32 Å². The first kappa shape index (κ1) is 13.6. The summed E-state index contributed by atoms with van der Waals surface area (Å²) in [7, 11) is 0. The second kappa shape index (κ2) is 5.21. The Morgan fingerprint density at radius 2 is 1.62 bits per heavy atom. The Morgan fingerprint density at radius 3 is 2.06 bits per heavy atom. The van der Waals surface area contributed by atoms with E-state index in [0.29, 0.717) is 15.2 Å². The topological polar surface area (TPSA) is 24.1 Å². The van der Waals surface area contributed by atoms with Crippen LogP contribution in [0.25, 0.3) is 0 Å². The second-order valence-electron chi connectivity index (χ2n) is 4.49. The number of thiocarbonyl (C=S) groups is 1. The molecule has 0 aliphatic carbocycles. The van der Waals surface area contributed by atoms with Crippen molar-refractivity contribution < 1.29 is 0 Å². The standard InChI is InChI=1S/C11H14Cl2N2S/c1-11(2,3)15-10(16)14-9-5-7(12)4-8(13)6-9/h4-6H,1-3H3,(H2,14,15,16). The van der Waals surface area contributed by atoms with E-state index in [2.05, 4.69) is 10.6 Å². The zero-order valence-corrected chi connectivity index (χ0v) is 11.7. The van der Waals surface area contributed by atoms with Crippen molar-refractivity contribution in [2.45, 2.75) is 26.3 Å². The zero-order valence-electron chi connectivity index (χ0n) is 9.40. The number of anilines is 1. The summed E-state index contributed by atoms with van der Waals surface area (Å²) in [4.78, 5) is 0. The van der Waals surface area contributed by atoms with Crippen molar-refractivity contribution in [2.24, 2.45) is 0 Å². The van der Waals surface area contributed by atoms with E-state index >= 15 is 0 Å². The number of benzene rings is 1. The lowest BCUT2D eigenvalue weighted by molar-refractivity contribution is 0.515. The summed E-state index contributed by atoms with van der Waals surface area (Å²) >= 11 is 16.9. The van der Waals surface area contributed by atoms with Crippen LogP contribution in [0.3, 0.4) is 0 Å². The third-order valence-electron chi connectivity index (χ3n) is 1.61. The summed E-state index contributed by atoms with van der Waals surface area (Å²) in [6.45, 7) is 6.10. The molecule has 1 aromatic carbocycles. The maximum atomic E-state index is 5.88. The predicted molar refractivity (Wildman–Crippen MR) is 75.6 cm³/mol. The van der Waals surface area contributed by atoms with Gasteiger partial charge in [-0.1, -0.05) is 23.2 Å². The van der Waals surface area contributed by atoms with Crippen LogP contribution < -0.4 is 10.6 Å². The third-order valence-corrected chi connectivity index (χ3v) is 2.25. The van der Waals surface area contributed by atoms with Gasteiger partial charge in [0.15, 0.2) is 5.11 Å². The fraction of sp³-hybridized carbons (Fsp3) is 0.364. The highest BCUT2D eigenvalue weighted by Gasteiger charge is 2.11. The first-order chi connectivity index (χ1) is 7.26. The minimum atomic E-state index is -0.0769. The van der Waals surface area contributed by atoms with Gasteiger partial charge in [0, 0.05) is 21.3 Å². The molecule has 0 aliphatic rings. The monoisotopic (exact) mass is 276 g/mol. The van der Waals surface area contributed by atoms with Crippen LogP contribution in [0.5, 0.6) is 0 Å². The molecule has 0 heterocycles. The zero-order chi connectivity index (χ0) is 12.3. The molecular weight excluding hydrogens is 263 g/mol.